The molecule has 12 rings (SSSR count). The first kappa shape index (κ1) is 76.1. The second-order valence-corrected chi connectivity index (χ2v) is 24.7. The normalized spacial score (nSPS) is 23.5. The van der Waals surface area contributed by atoms with Crippen LogP contribution in [-0.2, 0) is 75.8 Å². The first-order chi connectivity index (χ1) is 53.0. The van der Waals surface area contributed by atoms with Crippen molar-refractivity contribution in [2.75, 3.05) is 19.8 Å². The number of carbonyl (C=O) groups is 10. The molecular weight excluding hydrogens is 1410 g/mol. The minimum atomic E-state index is -2.24. The molecule has 3 aliphatic heterocycles. The second kappa shape index (κ2) is 36.6. The maximum atomic E-state index is 15.1. The van der Waals surface area contributed by atoms with Gasteiger partial charge in [0.2, 0.25) is 0 Å². The average Bonchev–Trinajstić information content (AvgIpc) is 0.763. The van der Waals surface area contributed by atoms with Crippen molar-refractivity contribution >= 4 is 59.7 Å². The number of aliphatic hydroxyl groups is 1. The third-order valence-corrected chi connectivity index (χ3v) is 17.4. The summed E-state index contributed by atoms with van der Waals surface area (Å²) in [7, 11) is 0. The van der Waals surface area contributed by atoms with Gasteiger partial charge < -0.3 is 76.2 Å². The van der Waals surface area contributed by atoms with Crippen LogP contribution in [-0.4, -0.2) is 177 Å². The number of benzene rings is 9. The smallest absolute Gasteiger partial charge is 0.338 e. The number of ether oxygens (including phenoxy) is 15. The van der Waals surface area contributed by atoms with Gasteiger partial charge in [-0.2, -0.15) is 0 Å². The molecule has 3 aliphatic rings. The lowest BCUT2D eigenvalue weighted by atomic mass is 9.95. The number of carbonyl (C=O) groups excluding carboxylic acids is 10. The van der Waals surface area contributed by atoms with Crippen LogP contribution in [0.3, 0.4) is 0 Å². The van der Waals surface area contributed by atoms with E-state index >= 15 is 4.79 Å². The summed E-state index contributed by atoms with van der Waals surface area (Å²) in [6.45, 7) is -1.64. The Morgan fingerprint density at radius 1 is 0.257 bits per heavy atom. The zero-order chi connectivity index (χ0) is 76.2. The average molecular weight is 1480 g/mol. The Hall–Kier alpha value is -12.6. The molecular formula is C83H70O26. The van der Waals surface area contributed by atoms with Gasteiger partial charge in [0.1, 0.15) is 37.6 Å². The summed E-state index contributed by atoms with van der Waals surface area (Å²) in [5, 5.41) is 12.2. The number of rotatable bonds is 26. The Morgan fingerprint density at radius 2 is 0.486 bits per heavy atom. The van der Waals surface area contributed by atoms with Crippen LogP contribution in [0.4, 0.5) is 0 Å². The molecule has 15 atom stereocenters. The summed E-state index contributed by atoms with van der Waals surface area (Å²) in [5.74, 6) is -10.5. The van der Waals surface area contributed by atoms with Gasteiger partial charge >= 0.3 is 59.7 Å². The van der Waals surface area contributed by atoms with E-state index in [0.717, 1.165) is 6.92 Å². The highest BCUT2D eigenvalue weighted by molar-refractivity contribution is 5.94. The van der Waals surface area contributed by atoms with Crippen LogP contribution < -0.4 is 0 Å². The number of hydrogen-bond donors (Lipinski definition) is 1. The van der Waals surface area contributed by atoms with Crippen molar-refractivity contribution < 1.29 is 124 Å². The number of esters is 10. The third kappa shape index (κ3) is 19.6. The highest BCUT2D eigenvalue weighted by Gasteiger charge is 2.60. The molecule has 0 radical (unpaired) electrons. The van der Waals surface area contributed by atoms with Crippen LogP contribution in [0.2, 0.25) is 0 Å². The lowest BCUT2D eigenvalue weighted by Gasteiger charge is -2.49. The molecule has 26 nitrogen and oxygen atoms in total. The number of hydrogen-bond acceptors (Lipinski definition) is 26. The molecule has 0 amide bonds. The summed E-state index contributed by atoms with van der Waals surface area (Å²) in [6.07, 6.45) is -30.4. The molecule has 109 heavy (non-hydrogen) atoms. The van der Waals surface area contributed by atoms with Crippen LogP contribution >= 0.6 is 0 Å². The van der Waals surface area contributed by atoms with Crippen molar-refractivity contribution in [1.29, 1.82) is 0 Å². The summed E-state index contributed by atoms with van der Waals surface area (Å²) in [4.78, 5) is 144. The molecule has 0 spiro atoms. The topological polar surface area (TPSA) is 329 Å². The van der Waals surface area contributed by atoms with Crippen molar-refractivity contribution in [3.63, 3.8) is 0 Å². The molecule has 0 saturated carbocycles. The predicted octanol–water partition coefficient (Wildman–Crippen LogP) is 9.78. The van der Waals surface area contributed by atoms with Crippen molar-refractivity contribution in [2.45, 2.75) is 99.0 Å². The molecule has 3 saturated heterocycles. The van der Waals surface area contributed by atoms with Gasteiger partial charge in [-0.1, -0.05) is 164 Å². The monoisotopic (exact) mass is 1480 g/mol. The first-order valence-electron chi connectivity index (χ1n) is 34.4. The Balaban J connectivity index is 0.990. The van der Waals surface area contributed by atoms with Crippen molar-refractivity contribution in [1.82, 2.24) is 0 Å². The van der Waals surface area contributed by atoms with Crippen molar-refractivity contribution in [3.8, 4) is 0 Å². The molecule has 3 heterocycles. The first-order valence-corrected chi connectivity index (χ1v) is 34.4. The second-order valence-electron chi connectivity index (χ2n) is 24.7. The minimum Gasteiger partial charge on any atom is -0.463 e. The molecule has 9 aromatic carbocycles. The zero-order valence-corrected chi connectivity index (χ0v) is 57.9. The molecule has 558 valence electrons. The molecule has 0 bridgehead atoms. The van der Waals surface area contributed by atoms with E-state index in [9.17, 15) is 48.3 Å². The van der Waals surface area contributed by atoms with Crippen LogP contribution in [0.25, 0.3) is 0 Å². The fourth-order valence-electron chi connectivity index (χ4n) is 12.0. The predicted molar refractivity (Wildman–Crippen MR) is 378 cm³/mol. The Kier molecular flexibility index (Phi) is 25.6. The largest absolute Gasteiger partial charge is 0.463 e. The fourth-order valence-corrected chi connectivity index (χ4v) is 12.0. The third-order valence-electron chi connectivity index (χ3n) is 17.4. The van der Waals surface area contributed by atoms with Crippen LogP contribution in [0.5, 0.6) is 0 Å². The SMILES string of the molecule is CC(=O)OC[C@H]1O[C@@H](OC[C@H]2O[C@H](O)[C@H](OC(=O)c3ccccc3)[C@@H](OC(=O)c3ccccc3)[C@H]2OC(=O)c2ccccc2)[C@H](OC(=O)c2ccccc2)[C@@H](OC(=O)c2ccccc2)[C@H]1O[C@H]1O[C@H](COC(=O)c2ccccc2)[C@@H](OC(=O)c2ccccc2)[C@H](OC(=O)c2ccccc2)[C@@H]1OC(=O)c1ccccc1. The summed E-state index contributed by atoms with van der Waals surface area (Å²) >= 11 is 0. The van der Waals surface area contributed by atoms with Crippen LogP contribution in [0.15, 0.2) is 273 Å². The Bertz CT molecular complexity index is 4570. The Labute approximate surface area is 623 Å². The highest BCUT2D eigenvalue weighted by Crippen LogP contribution is 2.39. The van der Waals surface area contributed by atoms with Crippen molar-refractivity contribution in [3.05, 3.63) is 323 Å². The van der Waals surface area contributed by atoms with E-state index in [1.54, 1.807) is 103 Å². The van der Waals surface area contributed by atoms with Gasteiger partial charge in [0.25, 0.3) is 0 Å². The maximum absolute atomic E-state index is 15.1. The molecule has 26 heteroatoms. The van der Waals surface area contributed by atoms with Gasteiger partial charge in [-0.25, -0.2) is 43.2 Å². The van der Waals surface area contributed by atoms with E-state index < -0.39 is 172 Å². The molecule has 3 fully saturated rings. The fraction of sp³-hybridized carbons (Fsp3) is 0.229. The van der Waals surface area contributed by atoms with Crippen LogP contribution in [0.1, 0.15) is 100 Å². The Morgan fingerprint density at radius 3 is 0.807 bits per heavy atom. The molecule has 1 N–H and O–H groups in total. The molecule has 9 aromatic rings. The highest BCUT2D eigenvalue weighted by atomic mass is 16.8. The van der Waals surface area contributed by atoms with E-state index in [2.05, 4.69) is 0 Å². The van der Waals surface area contributed by atoms with Gasteiger partial charge in [-0.3, -0.25) is 4.79 Å². The minimum absolute atomic E-state index is 0.00690. The van der Waals surface area contributed by atoms with E-state index in [4.69, 9.17) is 71.1 Å². The van der Waals surface area contributed by atoms with E-state index in [0.29, 0.717) is 0 Å². The number of aliphatic hydroxyl groups excluding tert-OH is 1. The van der Waals surface area contributed by atoms with Gasteiger partial charge in [0.05, 0.1) is 56.7 Å². The van der Waals surface area contributed by atoms with E-state index in [-0.39, 0.29) is 50.1 Å². The summed E-state index contributed by atoms with van der Waals surface area (Å²) in [6, 6.07) is 67.7. The van der Waals surface area contributed by atoms with Gasteiger partial charge in [0, 0.05) is 6.92 Å². The lowest BCUT2D eigenvalue weighted by molar-refractivity contribution is -0.361. The zero-order valence-electron chi connectivity index (χ0n) is 57.9. The van der Waals surface area contributed by atoms with E-state index in [1.807, 2.05) is 0 Å². The maximum Gasteiger partial charge on any atom is 0.338 e. The summed E-state index contributed by atoms with van der Waals surface area (Å²) < 4.78 is 95.3. The van der Waals surface area contributed by atoms with E-state index in [1.165, 1.54) is 170 Å². The summed E-state index contributed by atoms with van der Waals surface area (Å²) in [5.41, 5.74) is -0.392. The molecule has 0 aromatic heterocycles. The van der Waals surface area contributed by atoms with Gasteiger partial charge in [-0.05, 0) is 109 Å². The van der Waals surface area contributed by atoms with Crippen LogP contribution in [0, 0.1) is 0 Å². The van der Waals surface area contributed by atoms with Crippen molar-refractivity contribution in [2.24, 2.45) is 0 Å². The molecule has 0 aliphatic carbocycles. The van der Waals surface area contributed by atoms with Gasteiger partial charge in [-0.15, -0.1) is 0 Å². The quantitative estimate of drug-likeness (QED) is 0.0389. The lowest BCUT2D eigenvalue weighted by Crippen LogP contribution is -2.67. The molecule has 0 unspecified atom stereocenters. The standard InChI is InChI=1S/C83H70O26/c1-50(84)95-47-61-65(109-83-71(108-80(93)59-45-27-10-28-46-59)67(104-76(89)55-37-19-6-20-38-55)64(102-74(87)53-33-15-4-16-34-53)62(100-83)48-96-72(85)51-29-11-2-12-30-51)68(105-77(90)56-39-21-7-22-40-56)70(107-79(92)58-43-25-9-26-44-58)82(99-61)97-49-60-63(101-73(86)52-31-13-3-14-32-52)66(103-75(88)54-35-17-5-18-36-54)69(81(94)98-60)106-78(91)57-41-23-8-24-42-57/h2-46,60-71,81-83,94H,47-49H2,1H3/t60-,61-,62-,63+,64-,65+,66+,67+,68+,69-,70-,71+,81+,82-,83-/m1/s1. The van der Waals surface area contributed by atoms with Gasteiger partial charge in [0.15, 0.2) is 67.7 Å².